The molecule has 2 N–H and O–H groups in total. The van der Waals surface area contributed by atoms with Crippen molar-refractivity contribution in [3.8, 4) is 0 Å². The van der Waals surface area contributed by atoms with E-state index in [9.17, 15) is 13.6 Å². The van der Waals surface area contributed by atoms with Crippen LogP contribution in [-0.4, -0.2) is 9.55 Å². The van der Waals surface area contributed by atoms with Crippen LogP contribution in [-0.2, 0) is 24.5 Å². The van der Waals surface area contributed by atoms with Crippen LogP contribution in [0.1, 0.15) is 16.8 Å². The lowest BCUT2D eigenvalue weighted by atomic mass is 10.1. The van der Waals surface area contributed by atoms with Gasteiger partial charge in [-0.1, -0.05) is 30.3 Å². The number of halogens is 3. The summed E-state index contributed by atoms with van der Waals surface area (Å²) >= 11 is 1.96. The number of aromatic nitrogens is 2. The smallest absolute Gasteiger partial charge is 0.351 e. The number of hydrogen-bond donors (Lipinski definition) is 1. The van der Waals surface area contributed by atoms with E-state index in [-0.39, 0.29) is 19.0 Å². The highest BCUT2D eigenvalue weighted by Gasteiger charge is 2.15. The minimum atomic E-state index is -0.684. The van der Waals surface area contributed by atoms with Gasteiger partial charge in [0.15, 0.2) is 0 Å². The topological polar surface area (TPSA) is 70.1 Å². The van der Waals surface area contributed by atoms with Crippen molar-refractivity contribution >= 4 is 28.4 Å². The third-order valence-corrected chi connectivity index (χ3v) is 5.05. The first-order valence-corrected chi connectivity index (χ1v) is 9.13. The first-order chi connectivity index (χ1) is 12.9. The summed E-state index contributed by atoms with van der Waals surface area (Å²) in [6.07, 6.45) is 0.115. The van der Waals surface area contributed by atoms with E-state index in [2.05, 4.69) is 4.98 Å². The Balaban J connectivity index is 1.88. The van der Waals surface area contributed by atoms with Gasteiger partial charge in [-0.05, 0) is 45.9 Å². The van der Waals surface area contributed by atoms with Gasteiger partial charge in [0, 0.05) is 18.2 Å². The van der Waals surface area contributed by atoms with Crippen molar-refractivity contribution in [1.29, 1.82) is 0 Å². The standard InChI is InChI=1S/C19H16F2IN3O2/c20-14-6-13(7-15(21)9-14)8-16-17(22)18(23)24-19(26)25(16)11-27-10-12-4-2-1-3-5-12/h1-7,9H,8,10-11H2,(H2,23,24,26). The van der Waals surface area contributed by atoms with E-state index in [1.54, 1.807) is 0 Å². The second-order valence-corrected chi connectivity index (χ2v) is 6.96. The van der Waals surface area contributed by atoms with E-state index >= 15 is 0 Å². The number of nitrogen functional groups attached to an aromatic ring is 1. The summed E-state index contributed by atoms with van der Waals surface area (Å²) in [4.78, 5) is 16.1. The molecule has 0 unspecified atom stereocenters. The van der Waals surface area contributed by atoms with Gasteiger partial charge in [-0.3, -0.25) is 4.57 Å². The van der Waals surface area contributed by atoms with Crippen LogP contribution < -0.4 is 11.4 Å². The molecule has 0 spiro atoms. The molecule has 0 saturated carbocycles. The molecule has 0 aliphatic heterocycles. The Labute approximate surface area is 167 Å². The molecule has 0 fully saturated rings. The molecule has 140 valence electrons. The highest BCUT2D eigenvalue weighted by molar-refractivity contribution is 14.1. The summed E-state index contributed by atoms with van der Waals surface area (Å²) in [5, 5.41) is 0. The minimum Gasteiger partial charge on any atom is -0.383 e. The van der Waals surface area contributed by atoms with Crippen LogP contribution in [0.15, 0.2) is 53.3 Å². The number of anilines is 1. The number of benzene rings is 2. The van der Waals surface area contributed by atoms with Crippen LogP contribution in [0.4, 0.5) is 14.6 Å². The fourth-order valence-corrected chi connectivity index (χ4v) is 3.24. The van der Waals surface area contributed by atoms with Gasteiger partial charge in [-0.25, -0.2) is 13.6 Å². The van der Waals surface area contributed by atoms with Crippen LogP contribution in [0.5, 0.6) is 0 Å². The summed E-state index contributed by atoms with van der Waals surface area (Å²) in [6.45, 7) is 0.256. The molecular formula is C19H16F2IN3O2. The normalized spacial score (nSPS) is 10.9. The van der Waals surface area contributed by atoms with Crippen LogP contribution in [0, 0.1) is 15.2 Å². The highest BCUT2D eigenvalue weighted by atomic mass is 127. The third-order valence-electron chi connectivity index (χ3n) is 3.88. The molecule has 0 bridgehead atoms. The molecule has 3 rings (SSSR count). The van der Waals surface area contributed by atoms with E-state index in [1.165, 1.54) is 16.7 Å². The van der Waals surface area contributed by atoms with E-state index < -0.39 is 17.3 Å². The maximum Gasteiger partial charge on any atom is 0.351 e. The zero-order valence-corrected chi connectivity index (χ0v) is 16.3. The van der Waals surface area contributed by atoms with Gasteiger partial charge in [-0.15, -0.1) is 0 Å². The van der Waals surface area contributed by atoms with Crippen LogP contribution in [0.25, 0.3) is 0 Å². The number of nitrogens with zero attached hydrogens (tertiary/aromatic N) is 2. The molecule has 0 aliphatic carbocycles. The molecule has 0 saturated heterocycles. The average Bonchev–Trinajstić information content (AvgIpc) is 2.62. The van der Waals surface area contributed by atoms with Crippen LogP contribution in [0.3, 0.4) is 0 Å². The zero-order chi connectivity index (χ0) is 19.4. The van der Waals surface area contributed by atoms with Crippen molar-refractivity contribution in [3.05, 3.63) is 91.0 Å². The summed E-state index contributed by atoms with van der Waals surface area (Å²) < 4.78 is 34.5. The van der Waals surface area contributed by atoms with Crippen molar-refractivity contribution in [1.82, 2.24) is 9.55 Å². The Kier molecular flexibility index (Phi) is 6.17. The number of rotatable bonds is 6. The van der Waals surface area contributed by atoms with Gasteiger partial charge in [0.05, 0.1) is 10.2 Å². The lowest BCUT2D eigenvalue weighted by molar-refractivity contribution is 0.0591. The minimum absolute atomic E-state index is 0.0514. The van der Waals surface area contributed by atoms with E-state index in [0.29, 0.717) is 21.4 Å². The molecule has 0 atom stereocenters. The molecule has 5 nitrogen and oxygen atoms in total. The van der Waals surface area contributed by atoms with Crippen molar-refractivity contribution in [3.63, 3.8) is 0 Å². The van der Waals surface area contributed by atoms with Gasteiger partial charge in [0.2, 0.25) is 0 Å². The van der Waals surface area contributed by atoms with E-state index in [0.717, 1.165) is 11.6 Å². The predicted molar refractivity (Wildman–Crippen MR) is 106 cm³/mol. The summed E-state index contributed by atoms with van der Waals surface area (Å²) in [7, 11) is 0. The maximum absolute atomic E-state index is 13.5. The summed E-state index contributed by atoms with van der Waals surface area (Å²) in [5.74, 6) is -1.29. The fourth-order valence-electron chi connectivity index (χ4n) is 2.64. The van der Waals surface area contributed by atoms with Gasteiger partial charge in [-0.2, -0.15) is 4.98 Å². The second kappa shape index (κ2) is 8.57. The predicted octanol–water partition coefficient (Wildman–Crippen LogP) is 3.47. The van der Waals surface area contributed by atoms with Crippen LogP contribution >= 0.6 is 22.6 Å². The highest BCUT2D eigenvalue weighted by Crippen LogP contribution is 2.20. The molecule has 1 aromatic heterocycles. The van der Waals surface area contributed by atoms with Crippen molar-refractivity contribution < 1.29 is 13.5 Å². The van der Waals surface area contributed by atoms with Crippen molar-refractivity contribution in [2.45, 2.75) is 19.8 Å². The van der Waals surface area contributed by atoms with Crippen molar-refractivity contribution in [2.75, 3.05) is 5.73 Å². The first kappa shape index (κ1) is 19.4. The summed E-state index contributed by atoms with van der Waals surface area (Å²) in [5.41, 5.74) is 7.06. The molecule has 2 aromatic carbocycles. The molecule has 1 heterocycles. The van der Waals surface area contributed by atoms with Gasteiger partial charge in [0.25, 0.3) is 0 Å². The molecule has 3 aromatic rings. The van der Waals surface area contributed by atoms with E-state index in [4.69, 9.17) is 10.5 Å². The SMILES string of the molecule is Nc1nc(=O)n(COCc2ccccc2)c(Cc2cc(F)cc(F)c2)c1I. The van der Waals surface area contributed by atoms with Crippen LogP contribution in [0.2, 0.25) is 0 Å². The zero-order valence-electron chi connectivity index (χ0n) is 14.2. The Hall–Kier alpha value is -2.33. The average molecular weight is 483 g/mol. The van der Waals surface area contributed by atoms with Crippen molar-refractivity contribution in [2.24, 2.45) is 0 Å². The molecular weight excluding hydrogens is 467 g/mol. The molecule has 0 aliphatic rings. The Morgan fingerprint density at radius 1 is 1.07 bits per heavy atom. The largest absolute Gasteiger partial charge is 0.383 e. The number of nitrogens with two attached hydrogens (primary N) is 1. The molecule has 27 heavy (non-hydrogen) atoms. The molecule has 0 radical (unpaired) electrons. The first-order valence-electron chi connectivity index (χ1n) is 8.05. The fraction of sp³-hybridized carbons (Fsp3) is 0.158. The second-order valence-electron chi connectivity index (χ2n) is 5.89. The van der Waals surface area contributed by atoms with E-state index in [1.807, 2.05) is 52.9 Å². The Bertz CT molecular complexity index is 990. The maximum atomic E-state index is 13.5. The lowest BCUT2D eigenvalue weighted by Gasteiger charge is -2.16. The third kappa shape index (κ3) is 4.89. The van der Waals surface area contributed by atoms with Gasteiger partial charge in [0.1, 0.15) is 24.2 Å². The molecule has 0 amide bonds. The Morgan fingerprint density at radius 2 is 1.74 bits per heavy atom. The summed E-state index contributed by atoms with van der Waals surface area (Å²) in [6, 6.07) is 12.7. The van der Waals surface area contributed by atoms with Gasteiger partial charge >= 0.3 is 5.69 Å². The molecule has 8 heteroatoms. The quantitative estimate of drug-likeness (QED) is 0.546. The monoisotopic (exact) mass is 483 g/mol. The lowest BCUT2D eigenvalue weighted by Crippen LogP contribution is -2.30. The number of ether oxygens (including phenoxy) is 1. The van der Waals surface area contributed by atoms with Gasteiger partial charge < -0.3 is 10.5 Å². The Morgan fingerprint density at radius 3 is 2.41 bits per heavy atom. The number of hydrogen-bond acceptors (Lipinski definition) is 4.